The first-order chi connectivity index (χ1) is 9.67. The molecular weight excluding hydrogens is 248 g/mol. The molecule has 0 bridgehead atoms. The molecule has 0 aliphatic rings. The van der Waals surface area contributed by atoms with E-state index in [-0.39, 0.29) is 11.1 Å². The Hall–Kier alpha value is -2.34. The van der Waals surface area contributed by atoms with Crippen molar-refractivity contribution in [1.82, 2.24) is 4.57 Å². The molecule has 2 rings (SSSR count). The number of hydrogen-bond acceptors (Lipinski definition) is 2. The van der Waals surface area contributed by atoms with Crippen LogP contribution < -0.4 is 5.56 Å². The number of hydrogen-bond donors (Lipinski definition) is 0. The lowest BCUT2D eigenvalue weighted by atomic mass is 10.0. The summed E-state index contributed by atoms with van der Waals surface area (Å²) in [7, 11) is 0. The molecule has 0 amide bonds. The SMILES string of the molecule is CCC(C)Cn1ccc(-c2ccccc2)c(C#N)c1=O. The lowest BCUT2D eigenvalue weighted by Crippen LogP contribution is -2.25. The first-order valence-electron chi connectivity index (χ1n) is 6.86. The van der Waals surface area contributed by atoms with Crippen LogP contribution in [0.3, 0.4) is 0 Å². The molecule has 102 valence electrons. The molecule has 1 heterocycles. The fraction of sp³-hybridized carbons (Fsp3) is 0.294. The smallest absolute Gasteiger partial charge is 0.269 e. The van der Waals surface area contributed by atoms with Crippen molar-refractivity contribution in [2.75, 3.05) is 0 Å². The van der Waals surface area contributed by atoms with Crippen LogP contribution in [0.25, 0.3) is 11.1 Å². The van der Waals surface area contributed by atoms with Crippen molar-refractivity contribution in [3.05, 3.63) is 58.5 Å². The minimum atomic E-state index is -0.200. The quantitative estimate of drug-likeness (QED) is 0.851. The first kappa shape index (κ1) is 14.1. The second-order valence-corrected chi connectivity index (χ2v) is 5.05. The lowest BCUT2D eigenvalue weighted by Gasteiger charge is -2.13. The van der Waals surface area contributed by atoms with Crippen LogP contribution in [0.4, 0.5) is 0 Å². The van der Waals surface area contributed by atoms with E-state index in [9.17, 15) is 10.1 Å². The van der Waals surface area contributed by atoms with Gasteiger partial charge in [0.1, 0.15) is 11.6 Å². The van der Waals surface area contributed by atoms with E-state index in [1.165, 1.54) is 0 Å². The van der Waals surface area contributed by atoms with Crippen molar-refractivity contribution in [2.45, 2.75) is 26.8 Å². The van der Waals surface area contributed by atoms with Crippen molar-refractivity contribution in [1.29, 1.82) is 5.26 Å². The zero-order valence-electron chi connectivity index (χ0n) is 11.8. The van der Waals surface area contributed by atoms with E-state index in [1.807, 2.05) is 36.4 Å². The normalized spacial score (nSPS) is 11.8. The number of rotatable bonds is 4. The average Bonchev–Trinajstić information content (AvgIpc) is 2.49. The number of pyridine rings is 1. The Labute approximate surface area is 119 Å². The molecule has 1 aromatic carbocycles. The monoisotopic (exact) mass is 266 g/mol. The van der Waals surface area contributed by atoms with Gasteiger partial charge in [0, 0.05) is 18.3 Å². The van der Waals surface area contributed by atoms with Crippen LogP contribution >= 0.6 is 0 Å². The largest absolute Gasteiger partial charge is 0.314 e. The van der Waals surface area contributed by atoms with Gasteiger partial charge < -0.3 is 4.57 Å². The van der Waals surface area contributed by atoms with Gasteiger partial charge in [0.15, 0.2) is 0 Å². The van der Waals surface area contributed by atoms with E-state index < -0.39 is 0 Å². The highest BCUT2D eigenvalue weighted by atomic mass is 16.1. The topological polar surface area (TPSA) is 45.8 Å². The molecule has 2 aromatic rings. The molecule has 0 aliphatic carbocycles. The molecule has 1 atom stereocenters. The van der Waals surface area contributed by atoms with Gasteiger partial charge in [-0.25, -0.2) is 0 Å². The van der Waals surface area contributed by atoms with Crippen LogP contribution in [0.1, 0.15) is 25.8 Å². The van der Waals surface area contributed by atoms with Gasteiger partial charge in [0.2, 0.25) is 0 Å². The second kappa shape index (κ2) is 6.21. The van der Waals surface area contributed by atoms with E-state index in [4.69, 9.17) is 0 Å². The third-order valence-electron chi connectivity index (χ3n) is 3.57. The molecular formula is C17H18N2O. The number of nitrogens with zero attached hydrogens (tertiary/aromatic N) is 2. The molecule has 0 saturated carbocycles. The summed E-state index contributed by atoms with van der Waals surface area (Å²) in [4.78, 5) is 12.4. The Kier molecular flexibility index (Phi) is 4.37. The molecule has 1 unspecified atom stereocenters. The lowest BCUT2D eigenvalue weighted by molar-refractivity contribution is 0.459. The van der Waals surface area contributed by atoms with Crippen molar-refractivity contribution in [3.8, 4) is 17.2 Å². The van der Waals surface area contributed by atoms with Gasteiger partial charge in [-0.1, -0.05) is 50.6 Å². The summed E-state index contributed by atoms with van der Waals surface area (Å²) < 4.78 is 1.64. The molecule has 1 aromatic heterocycles. The van der Waals surface area contributed by atoms with Gasteiger partial charge in [-0.2, -0.15) is 5.26 Å². The average molecular weight is 266 g/mol. The Bertz CT molecular complexity index is 680. The van der Waals surface area contributed by atoms with Crippen molar-refractivity contribution in [2.24, 2.45) is 5.92 Å². The van der Waals surface area contributed by atoms with E-state index in [0.29, 0.717) is 18.0 Å². The Morgan fingerprint density at radius 3 is 2.55 bits per heavy atom. The molecule has 0 spiro atoms. The van der Waals surface area contributed by atoms with Gasteiger partial charge in [0.25, 0.3) is 5.56 Å². The molecule has 0 N–H and O–H groups in total. The van der Waals surface area contributed by atoms with Gasteiger partial charge in [0.05, 0.1) is 0 Å². The summed E-state index contributed by atoms with van der Waals surface area (Å²) in [6, 6.07) is 13.5. The van der Waals surface area contributed by atoms with Gasteiger partial charge in [-0.05, 0) is 17.5 Å². The Balaban J connectivity index is 2.51. The second-order valence-electron chi connectivity index (χ2n) is 5.05. The minimum Gasteiger partial charge on any atom is -0.314 e. The number of aromatic nitrogens is 1. The summed E-state index contributed by atoms with van der Waals surface area (Å²) in [5, 5.41) is 9.31. The van der Waals surface area contributed by atoms with Crippen LogP contribution in [0, 0.1) is 17.2 Å². The predicted molar refractivity (Wildman–Crippen MR) is 80.3 cm³/mol. The van der Waals surface area contributed by atoms with Crippen molar-refractivity contribution in [3.63, 3.8) is 0 Å². The third kappa shape index (κ3) is 2.80. The van der Waals surface area contributed by atoms with Crippen LogP contribution in [-0.4, -0.2) is 4.57 Å². The Morgan fingerprint density at radius 1 is 1.25 bits per heavy atom. The highest BCUT2D eigenvalue weighted by molar-refractivity contribution is 5.69. The van der Waals surface area contributed by atoms with Gasteiger partial charge >= 0.3 is 0 Å². The first-order valence-corrected chi connectivity index (χ1v) is 6.86. The standard InChI is InChI=1S/C17H18N2O/c1-3-13(2)12-19-10-9-15(16(11-18)17(19)20)14-7-5-4-6-8-14/h4-10,13H,3,12H2,1-2H3. The fourth-order valence-corrected chi connectivity index (χ4v) is 2.15. The van der Waals surface area contributed by atoms with Crippen LogP contribution in [0.2, 0.25) is 0 Å². The predicted octanol–water partition coefficient (Wildman–Crippen LogP) is 3.43. The minimum absolute atomic E-state index is 0.200. The summed E-state index contributed by atoms with van der Waals surface area (Å²) >= 11 is 0. The molecule has 0 radical (unpaired) electrons. The maximum absolute atomic E-state index is 12.4. The molecule has 0 fully saturated rings. The summed E-state index contributed by atoms with van der Waals surface area (Å²) in [5.74, 6) is 0.418. The number of benzene rings is 1. The van der Waals surface area contributed by atoms with Gasteiger partial charge in [-0.3, -0.25) is 4.79 Å². The van der Waals surface area contributed by atoms with Crippen LogP contribution in [0.15, 0.2) is 47.4 Å². The molecule has 0 aliphatic heterocycles. The van der Waals surface area contributed by atoms with E-state index in [0.717, 1.165) is 12.0 Å². The van der Waals surface area contributed by atoms with E-state index in [1.54, 1.807) is 10.8 Å². The van der Waals surface area contributed by atoms with Gasteiger partial charge in [-0.15, -0.1) is 0 Å². The van der Waals surface area contributed by atoms with E-state index >= 15 is 0 Å². The maximum atomic E-state index is 12.4. The summed E-state index contributed by atoms with van der Waals surface area (Å²) in [6.07, 6.45) is 2.80. The summed E-state index contributed by atoms with van der Waals surface area (Å²) in [5.41, 5.74) is 1.63. The molecule has 20 heavy (non-hydrogen) atoms. The third-order valence-corrected chi connectivity index (χ3v) is 3.57. The highest BCUT2D eigenvalue weighted by Crippen LogP contribution is 2.20. The Morgan fingerprint density at radius 2 is 1.95 bits per heavy atom. The van der Waals surface area contributed by atoms with Crippen LogP contribution in [-0.2, 0) is 6.54 Å². The van der Waals surface area contributed by atoms with Crippen LogP contribution in [0.5, 0.6) is 0 Å². The molecule has 0 saturated heterocycles. The summed E-state index contributed by atoms with van der Waals surface area (Å²) in [6.45, 7) is 4.85. The van der Waals surface area contributed by atoms with Crippen molar-refractivity contribution < 1.29 is 0 Å². The molecule has 3 nitrogen and oxygen atoms in total. The highest BCUT2D eigenvalue weighted by Gasteiger charge is 2.12. The van der Waals surface area contributed by atoms with Crippen molar-refractivity contribution >= 4 is 0 Å². The van der Waals surface area contributed by atoms with E-state index in [2.05, 4.69) is 19.9 Å². The zero-order chi connectivity index (χ0) is 14.5. The number of nitriles is 1. The zero-order valence-corrected chi connectivity index (χ0v) is 11.8. The maximum Gasteiger partial charge on any atom is 0.269 e. The molecule has 3 heteroatoms. The fourth-order valence-electron chi connectivity index (χ4n) is 2.15.